The molecule has 3 N–H and O–H groups in total. The van der Waals surface area contributed by atoms with Crippen LogP contribution in [0.15, 0.2) is 48.5 Å². The summed E-state index contributed by atoms with van der Waals surface area (Å²) in [5, 5.41) is 26.3. The molecule has 0 radical (unpaired) electrons. The summed E-state index contributed by atoms with van der Waals surface area (Å²) in [7, 11) is 1.54. The van der Waals surface area contributed by atoms with Crippen molar-refractivity contribution in [1.82, 2.24) is 9.97 Å². The fraction of sp³-hybridized carbons (Fsp3) is 0.105. The van der Waals surface area contributed by atoms with Crippen LogP contribution in [-0.4, -0.2) is 33.1 Å². The zero-order valence-electron chi connectivity index (χ0n) is 15.5. The van der Waals surface area contributed by atoms with Crippen LogP contribution in [0, 0.1) is 17.0 Å². The van der Waals surface area contributed by atoms with Gasteiger partial charge in [-0.1, -0.05) is 0 Å². The molecule has 1 heterocycles. The quantitative estimate of drug-likeness (QED) is 0.401. The largest absolute Gasteiger partial charge is 0.497 e. The van der Waals surface area contributed by atoms with Gasteiger partial charge in [-0.3, -0.25) is 10.1 Å². The van der Waals surface area contributed by atoms with E-state index >= 15 is 0 Å². The molecule has 0 atom stereocenters. The number of aromatic nitrogens is 2. The number of aromatic carboxylic acids is 1. The second-order valence-corrected chi connectivity index (χ2v) is 5.95. The molecule has 0 unspecified atom stereocenters. The lowest BCUT2D eigenvalue weighted by Gasteiger charge is -2.11. The summed E-state index contributed by atoms with van der Waals surface area (Å²) in [4.78, 5) is 30.3. The molecule has 10 heteroatoms. The van der Waals surface area contributed by atoms with E-state index in [9.17, 15) is 14.9 Å². The number of nitrogens with zero attached hydrogens (tertiary/aromatic N) is 3. The number of anilines is 4. The van der Waals surface area contributed by atoms with Crippen LogP contribution < -0.4 is 15.4 Å². The standard InChI is InChI=1S/C19H17N5O5/c1-11-16(24(27)28)17(21-13-7-9-15(29-2)10-8-13)23-19(20-11)22-14-5-3-12(4-6-14)18(25)26/h3-10H,1-2H3,(H,25,26)(H2,20,21,22,23). The van der Waals surface area contributed by atoms with E-state index in [4.69, 9.17) is 9.84 Å². The highest BCUT2D eigenvalue weighted by Crippen LogP contribution is 2.30. The third kappa shape index (κ3) is 4.56. The van der Waals surface area contributed by atoms with Crippen molar-refractivity contribution in [2.45, 2.75) is 6.92 Å². The van der Waals surface area contributed by atoms with Crippen molar-refractivity contribution in [2.24, 2.45) is 0 Å². The van der Waals surface area contributed by atoms with E-state index in [1.165, 1.54) is 19.1 Å². The third-order valence-electron chi connectivity index (χ3n) is 3.98. The van der Waals surface area contributed by atoms with Gasteiger partial charge in [-0.25, -0.2) is 9.78 Å². The lowest BCUT2D eigenvalue weighted by atomic mass is 10.2. The SMILES string of the molecule is COc1ccc(Nc2nc(Nc3ccc(C(=O)O)cc3)nc(C)c2[N+](=O)[O-])cc1. The maximum atomic E-state index is 11.5. The van der Waals surface area contributed by atoms with E-state index in [1.807, 2.05) is 0 Å². The van der Waals surface area contributed by atoms with Gasteiger partial charge in [-0.05, 0) is 55.5 Å². The third-order valence-corrected chi connectivity index (χ3v) is 3.98. The fourth-order valence-electron chi connectivity index (χ4n) is 2.56. The van der Waals surface area contributed by atoms with E-state index in [-0.39, 0.29) is 28.7 Å². The lowest BCUT2D eigenvalue weighted by Crippen LogP contribution is -2.07. The molecule has 1 aromatic heterocycles. The molecule has 0 aliphatic rings. The predicted molar refractivity (Wildman–Crippen MR) is 106 cm³/mol. The second-order valence-electron chi connectivity index (χ2n) is 5.95. The normalized spacial score (nSPS) is 10.3. The van der Waals surface area contributed by atoms with Crippen molar-refractivity contribution < 1.29 is 19.6 Å². The van der Waals surface area contributed by atoms with Gasteiger partial charge in [0.05, 0.1) is 17.6 Å². The average Bonchev–Trinajstić information content (AvgIpc) is 2.68. The Bertz CT molecular complexity index is 1050. The Morgan fingerprint density at radius 1 is 1.03 bits per heavy atom. The first-order chi connectivity index (χ1) is 13.9. The van der Waals surface area contributed by atoms with Crippen LogP contribution >= 0.6 is 0 Å². The van der Waals surface area contributed by atoms with Crippen LogP contribution in [0.2, 0.25) is 0 Å². The minimum Gasteiger partial charge on any atom is -0.497 e. The second kappa shape index (κ2) is 8.21. The summed E-state index contributed by atoms with van der Waals surface area (Å²) < 4.78 is 5.10. The van der Waals surface area contributed by atoms with Gasteiger partial charge in [0.2, 0.25) is 11.8 Å². The molecule has 10 nitrogen and oxygen atoms in total. The van der Waals surface area contributed by atoms with Crippen molar-refractivity contribution in [3.8, 4) is 5.75 Å². The molecule has 0 bridgehead atoms. The molecule has 148 valence electrons. The number of carbonyl (C=O) groups is 1. The van der Waals surface area contributed by atoms with Gasteiger partial charge in [-0.2, -0.15) is 4.98 Å². The van der Waals surface area contributed by atoms with Gasteiger partial charge in [0.25, 0.3) is 0 Å². The number of aryl methyl sites for hydroxylation is 1. The van der Waals surface area contributed by atoms with Crippen molar-refractivity contribution in [2.75, 3.05) is 17.7 Å². The molecule has 2 aromatic carbocycles. The van der Waals surface area contributed by atoms with Crippen LogP contribution in [-0.2, 0) is 0 Å². The number of carboxylic acid groups (broad SMARTS) is 1. The van der Waals surface area contributed by atoms with Gasteiger partial charge < -0.3 is 20.5 Å². The summed E-state index contributed by atoms with van der Waals surface area (Å²) in [6.07, 6.45) is 0. The number of nitro groups is 1. The first-order valence-electron chi connectivity index (χ1n) is 8.42. The molecule has 0 aliphatic carbocycles. The highest BCUT2D eigenvalue weighted by molar-refractivity contribution is 5.88. The van der Waals surface area contributed by atoms with Crippen molar-refractivity contribution in [3.63, 3.8) is 0 Å². The highest BCUT2D eigenvalue weighted by Gasteiger charge is 2.22. The monoisotopic (exact) mass is 395 g/mol. The molecule has 0 spiro atoms. The van der Waals surface area contributed by atoms with Crippen molar-refractivity contribution >= 4 is 34.8 Å². The van der Waals surface area contributed by atoms with Gasteiger partial charge >= 0.3 is 11.7 Å². The minimum absolute atomic E-state index is 0.0253. The summed E-state index contributed by atoms with van der Waals surface area (Å²) in [6.45, 7) is 1.51. The lowest BCUT2D eigenvalue weighted by molar-refractivity contribution is -0.385. The topological polar surface area (TPSA) is 140 Å². The van der Waals surface area contributed by atoms with Crippen LogP contribution in [0.25, 0.3) is 0 Å². The Labute approximate surface area is 165 Å². The number of rotatable bonds is 7. The molecule has 0 amide bonds. The minimum atomic E-state index is -1.04. The Balaban J connectivity index is 1.92. The Morgan fingerprint density at radius 3 is 2.17 bits per heavy atom. The van der Waals surface area contributed by atoms with E-state index in [0.29, 0.717) is 17.1 Å². The molecule has 0 fully saturated rings. The molecule has 0 saturated carbocycles. The zero-order chi connectivity index (χ0) is 21.0. The number of hydrogen-bond donors (Lipinski definition) is 3. The maximum Gasteiger partial charge on any atom is 0.335 e. The van der Waals surface area contributed by atoms with Crippen molar-refractivity contribution in [3.05, 3.63) is 69.9 Å². The first kappa shape index (κ1) is 19.5. The number of carboxylic acids is 1. The van der Waals surface area contributed by atoms with Gasteiger partial charge in [0.1, 0.15) is 11.4 Å². The molecule has 3 rings (SSSR count). The van der Waals surface area contributed by atoms with Crippen LogP contribution in [0.1, 0.15) is 16.1 Å². The number of hydrogen-bond acceptors (Lipinski definition) is 8. The molecular formula is C19H17N5O5. The smallest absolute Gasteiger partial charge is 0.335 e. The number of ether oxygens (including phenoxy) is 1. The number of nitrogens with one attached hydrogen (secondary N) is 2. The van der Waals surface area contributed by atoms with E-state index in [2.05, 4.69) is 20.6 Å². The summed E-state index contributed by atoms with van der Waals surface area (Å²) in [6, 6.07) is 12.8. The Morgan fingerprint density at radius 2 is 1.62 bits per heavy atom. The summed E-state index contributed by atoms with van der Waals surface area (Å²) in [5.41, 5.74) is 1.19. The van der Waals surface area contributed by atoms with Crippen LogP contribution in [0.4, 0.5) is 28.8 Å². The molecule has 3 aromatic rings. The van der Waals surface area contributed by atoms with Gasteiger partial charge in [0, 0.05) is 11.4 Å². The Hall–Kier alpha value is -4.21. The van der Waals surface area contributed by atoms with E-state index in [1.54, 1.807) is 43.5 Å². The highest BCUT2D eigenvalue weighted by atomic mass is 16.6. The maximum absolute atomic E-state index is 11.5. The predicted octanol–water partition coefficient (Wildman–Crippen LogP) is 3.89. The molecule has 0 saturated heterocycles. The molecule has 0 aliphatic heterocycles. The van der Waals surface area contributed by atoms with Crippen molar-refractivity contribution in [1.29, 1.82) is 0 Å². The summed E-state index contributed by atoms with van der Waals surface area (Å²) in [5.74, 6) is -0.231. The van der Waals surface area contributed by atoms with E-state index in [0.717, 1.165) is 0 Å². The van der Waals surface area contributed by atoms with Gasteiger partial charge in [-0.15, -0.1) is 0 Å². The fourth-order valence-corrected chi connectivity index (χ4v) is 2.56. The summed E-state index contributed by atoms with van der Waals surface area (Å²) >= 11 is 0. The van der Waals surface area contributed by atoms with Crippen LogP contribution in [0.3, 0.4) is 0 Å². The van der Waals surface area contributed by atoms with Crippen LogP contribution in [0.5, 0.6) is 5.75 Å². The van der Waals surface area contributed by atoms with E-state index < -0.39 is 10.9 Å². The molecule has 29 heavy (non-hydrogen) atoms. The number of benzene rings is 2. The zero-order valence-corrected chi connectivity index (χ0v) is 15.5. The molecular weight excluding hydrogens is 378 g/mol. The first-order valence-corrected chi connectivity index (χ1v) is 8.42. The van der Waals surface area contributed by atoms with Gasteiger partial charge in [0.15, 0.2) is 0 Å². The Kier molecular flexibility index (Phi) is 5.54. The average molecular weight is 395 g/mol. The number of methoxy groups -OCH3 is 1.